The molecule has 2 aromatic heterocycles. The van der Waals surface area contributed by atoms with Crippen molar-refractivity contribution in [2.75, 3.05) is 0 Å². The number of aliphatic hydroxyl groups is 1. The first-order valence-electron chi connectivity index (χ1n) is 7.00. The smallest absolute Gasteiger partial charge is 0.379 e. The fourth-order valence-electron chi connectivity index (χ4n) is 2.19. The Hall–Kier alpha value is -2.68. The molecule has 2 heterocycles. The van der Waals surface area contributed by atoms with Crippen molar-refractivity contribution in [2.45, 2.75) is 25.7 Å². The van der Waals surface area contributed by atoms with Gasteiger partial charge in [0.1, 0.15) is 17.1 Å². The highest BCUT2D eigenvalue weighted by molar-refractivity contribution is 5.58. The molecule has 0 amide bonds. The molecule has 0 aliphatic heterocycles. The van der Waals surface area contributed by atoms with Crippen LogP contribution in [0.25, 0.3) is 11.3 Å². The first kappa shape index (κ1) is 16.2. The Labute approximate surface area is 134 Å². The average molecular weight is 338 g/mol. The van der Waals surface area contributed by atoms with Crippen LogP contribution in [0.3, 0.4) is 0 Å². The summed E-state index contributed by atoms with van der Waals surface area (Å²) < 4.78 is 44.0. The van der Waals surface area contributed by atoms with Gasteiger partial charge in [-0.2, -0.15) is 13.2 Å². The Kier molecular flexibility index (Phi) is 4.10. The summed E-state index contributed by atoms with van der Waals surface area (Å²) in [5.74, 6) is 0.684. The maximum absolute atomic E-state index is 12.5. The molecule has 0 aliphatic rings. The number of hydrogen-bond acceptors (Lipinski definition) is 5. The molecule has 1 N–H and O–H groups in total. The van der Waals surface area contributed by atoms with E-state index in [0.717, 1.165) is 0 Å². The van der Waals surface area contributed by atoms with Gasteiger partial charge in [0.2, 0.25) is 0 Å². The Balaban J connectivity index is 1.75. The van der Waals surface area contributed by atoms with Crippen LogP contribution in [0.4, 0.5) is 13.2 Å². The minimum atomic E-state index is -4.69. The van der Waals surface area contributed by atoms with E-state index in [1.54, 1.807) is 23.9 Å². The van der Waals surface area contributed by atoms with E-state index in [4.69, 9.17) is 4.52 Å². The zero-order chi connectivity index (χ0) is 17.3. The second-order valence-corrected chi connectivity index (χ2v) is 5.30. The van der Waals surface area contributed by atoms with Gasteiger partial charge >= 0.3 is 6.18 Å². The van der Waals surface area contributed by atoms with Gasteiger partial charge in [0.15, 0.2) is 6.10 Å². The molecule has 3 rings (SSSR count). The summed E-state index contributed by atoms with van der Waals surface area (Å²) in [7, 11) is 0. The highest BCUT2D eigenvalue weighted by atomic mass is 19.4. The Bertz CT molecular complexity index is 824. The molecule has 1 aromatic carbocycles. The van der Waals surface area contributed by atoms with Crippen LogP contribution in [0.15, 0.2) is 41.1 Å². The van der Waals surface area contributed by atoms with E-state index in [0.29, 0.717) is 29.3 Å². The van der Waals surface area contributed by atoms with Crippen LogP contribution >= 0.6 is 0 Å². The van der Waals surface area contributed by atoms with Crippen LogP contribution in [0, 0.1) is 6.92 Å². The number of aliphatic hydroxyl groups excluding tert-OH is 1. The molecule has 1 atom stereocenters. The zero-order valence-electron chi connectivity index (χ0n) is 12.5. The summed E-state index contributed by atoms with van der Waals surface area (Å²) >= 11 is 0. The van der Waals surface area contributed by atoms with Crippen LogP contribution in [-0.2, 0) is 6.54 Å². The average Bonchev–Trinajstić information content (AvgIpc) is 3.15. The predicted octanol–water partition coefficient (Wildman–Crippen LogP) is 2.89. The maximum atomic E-state index is 12.5. The minimum absolute atomic E-state index is 0.225. The second kappa shape index (κ2) is 6.08. The van der Waals surface area contributed by atoms with Crippen molar-refractivity contribution in [2.24, 2.45) is 0 Å². The largest absolute Gasteiger partial charge is 0.418 e. The maximum Gasteiger partial charge on any atom is 0.418 e. The molecular formula is C15H13F3N4O2. The molecule has 126 valence electrons. The van der Waals surface area contributed by atoms with Crippen molar-refractivity contribution in [1.29, 1.82) is 0 Å². The van der Waals surface area contributed by atoms with Crippen molar-refractivity contribution in [3.63, 3.8) is 0 Å². The fraction of sp³-hybridized carbons (Fsp3) is 0.267. The molecule has 0 saturated carbocycles. The summed E-state index contributed by atoms with van der Waals surface area (Å²) in [6.45, 7) is 2.15. The zero-order valence-corrected chi connectivity index (χ0v) is 12.5. The number of hydrogen-bond donors (Lipinski definition) is 1. The number of halogens is 3. The third-order valence-corrected chi connectivity index (χ3v) is 3.37. The van der Waals surface area contributed by atoms with E-state index in [2.05, 4.69) is 15.5 Å². The van der Waals surface area contributed by atoms with E-state index in [-0.39, 0.29) is 5.56 Å². The summed E-state index contributed by atoms with van der Waals surface area (Å²) in [4.78, 5) is 0. The fourth-order valence-corrected chi connectivity index (χ4v) is 2.19. The topological polar surface area (TPSA) is 77.0 Å². The van der Waals surface area contributed by atoms with Gasteiger partial charge in [-0.1, -0.05) is 34.6 Å². The van der Waals surface area contributed by atoms with E-state index in [1.165, 1.54) is 24.3 Å². The molecule has 0 fully saturated rings. The lowest BCUT2D eigenvalue weighted by atomic mass is 10.1. The monoisotopic (exact) mass is 338 g/mol. The Morgan fingerprint density at radius 3 is 2.54 bits per heavy atom. The molecule has 1 unspecified atom stereocenters. The van der Waals surface area contributed by atoms with Gasteiger partial charge in [-0.05, 0) is 12.5 Å². The van der Waals surface area contributed by atoms with Gasteiger partial charge in [-0.3, -0.25) is 0 Å². The highest BCUT2D eigenvalue weighted by Crippen LogP contribution is 2.33. The SMILES string of the molecule is Cc1cc(Cn2cc(-c3ccc(C(O)C(F)(F)F)cc3)nn2)no1. The molecule has 3 aromatic rings. The number of alkyl halides is 3. The number of benzene rings is 1. The van der Waals surface area contributed by atoms with Gasteiger partial charge in [-0.25, -0.2) is 4.68 Å². The van der Waals surface area contributed by atoms with Crippen LogP contribution in [0.5, 0.6) is 0 Å². The number of rotatable bonds is 4. The lowest BCUT2D eigenvalue weighted by Gasteiger charge is -2.14. The van der Waals surface area contributed by atoms with Gasteiger partial charge < -0.3 is 9.63 Å². The molecule has 24 heavy (non-hydrogen) atoms. The summed E-state index contributed by atoms with van der Waals surface area (Å²) in [6, 6.07) is 7.12. The quantitative estimate of drug-likeness (QED) is 0.791. The van der Waals surface area contributed by atoms with Crippen molar-refractivity contribution in [3.8, 4) is 11.3 Å². The van der Waals surface area contributed by atoms with E-state index in [9.17, 15) is 18.3 Å². The predicted molar refractivity (Wildman–Crippen MR) is 76.8 cm³/mol. The molecule has 0 radical (unpaired) electrons. The molecule has 0 spiro atoms. The Morgan fingerprint density at radius 1 is 1.25 bits per heavy atom. The van der Waals surface area contributed by atoms with Gasteiger partial charge in [0, 0.05) is 11.6 Å². The van der Waals surface area contributed by atoms with Crippen LogP contribution in [0.2, 0.25) is 0 Å². The van der Waals surface area contributed by atoms with E-state index in [1.807, 2.05) is 0 Å². The second-order valence-electron chi connectivity index (χ2n) is 5.30. The van der Waals surface area contributed by atoms with Crippen LogP contribution in [-0.4, -0.2) is 31.4 Å². The third-order valence-electron chi connectivity index (χ3n) is 3.37. The minimum Gasteiger partial charge on any atom is -0.379 e. The molecular weight excluding hydrogens is 325 g/mol. The Morgan fingerprint density at radius 2 is 1.96 bits per heavy atom. The third kappa shape index (κ3) is 3.46. The van der Waals surface area contributed by atoms with Crippen molar-refractivity contribution < 1.29 is 22.8 Å². The summed E-state index contributed by atoms with van der Waals surface area (Å²) in [5, 5.41) is 21.0. The standard InChI is InChI=1S/C15H13F3N4O2/c1-9-6-12(20-24-9)7-22-8-13(19-21-22)10-2-4-11(5-3-10)14(23)15(16,17)18/h2-6,8,14,23H,7H2,1H3. The first-order chi connectivity index (χ1) is 11.3. The van der Waals surface area contributed by atoms with Gasteiger partial charge in [0.05, 0.1) is 12.7 Å². The van der Waals surface area contributed by atoms with Crippen molar-refractivity contribution in [1.82, 2.24) is 20.2 Å². The van der Waals surface area contributed by atoms with Gasteiger partial charge in [-0.15, -0.1) is 5.10 Å². The van der Waals surface area contributed by atoms with E-state index < -0.39 is 12.3 Å². The molecule has 9 heteroatoms. The van der Waals surface area contributed by atoms with Gasteiger partial charge in [0.25, 0.3) is 0 Å². The highest BCUT2D eigenvalue weighted by Gasteiger charge is 2.39. The van der Waals surface area contributed by atoms with Crippen molar-refractivity contribution in [3.05, 3.63) is 53.5 Å². The lowest BCUT2D eigenvalue weighted by Crippen LogP contribution is -2.19. The normalized spacial score (nSPS) is 13.2. The number of aromatic nitrogens is 4. The van der Waals surface area contributed by atoms with Crippen molar-refractivity contribution >= 4 is 0 Å². The summed E-state index contributed by atoms with van der Waals surface area (Å²) in [5.41, 5.74) is 1.56. The summed E-state index contributed by atoms with van der Waals surface area (Å²) in [6.07, 6.45) is -5.54. The molecule has 0 aliphatic carbocycles. The number of nitrogens with zero attached hydrogens (tertiary/aromatic N) is 4. The molecule has 6 nitrogen and oxygen atoms in total. The molecule has 0 bridgehead atoms. The lowest BCUT2D eigenvalue weighted by molar-refractivity contribution is -0.206. The van der Waals surface area contributed by atoms with Crippen LogP contribution in [0.1, 0.15) is 23.1 Å². The first-order valence-corrected chi connectivity index (χ1v) is 7.00. The van der Waals surface area contributed by atoms with E-state index >= 15 is 0 Å². The van der Waals surface area contributed by atoms with Crippen LogP contribution < -0.4 is 0 Å². The molecule has 0 saturated heterocycles. The number of aryl methyl sites for hydroxylation is 1.